The maximum absolute atomic E-state index is 8.99. The maximum Gasteiger partial charge on any atom is 0.145 e. The Bertz CT molecular complexity index is 681. The van der Waals surface area contributed by atoms with Crippen molar-refractivity contribution in [3.8, 4) is 23.6 Å². The molecule has 4 nitrogen and oxygen atoms in total. The Hall–Kier alpha value is -2.98. The monoisotopic (exact) mass is 249 g/mol. The normalized spacial score (nSPS) is 9.37. The van der Waals surface area contributed by atoms with Crippen molar-refractivity contribution < 1.29 is 4.74 Å². The molecule has 0 unspecified atom stereocenters. The zero-order valence-electron chi connectivity index (χ0n) is 10.1. The first-order valence-electron chi connectivity index (χ1n) is 5.67. The van der Waals surface area contributed by atoms with Crippen LogP contribution in [0.4, 0.5) is 5.69 Å². The Labute approximate surface area is 111 Å². The minimum Gasteiger partial charge on any atom is -0.456 e. The van der Waals surface area contributed by atoms with E-state index < -0.39 is 0 Å². The summed E-state index contributed by atoms with van der Waals surface area (Å²) in [5, 5.41) is 17.7. The van der Waals surface area contributed by atoms with Gasteiger partial charge < -0.3 is 10.5 Å². The molecule has 0 amide bonds. The van der Waals surface area contributed by atoms with Gasteiger partial charge in [0.05, 0.1) is 18.1 Å². The van der Waals surface area contributed by atoms with Crippen LogP contribution in [-0.2, 0) is 6.42 Å². The van der Waals surface area contributed by atoms with E-state index in [1.54, 1.807) is 42.5 Å². The summed E-state index contributed by atoms with van der Waals surface area (Å²) in [6.45, 7) is 0. The van der Waals surface area contributed by atoms with Crippen molar-refractivity contribution >= 4 is 5.69 Å². The van der Waals surface area contributed by atoms with Crippen LogP contribution in [0.25, 0.3) is 0 Å². The molecule has 0 fully saturated rings. The summed E-state index contributed by atoms with van der Waals surface area (Å²) < 4.78 is 5.65. The van der Waals surface area contributed by atoms with Crippen molar-refractivity contribution in [1.82, 2.24) is 0 Å². The summed E-state index contributed by atoms with van der Waals surface area (Å²) in [6.07, 6.45) is 0.225. The third-order valence-corrected chi connectivity index (χ3v) is 2.62. The van der Waals surface area contributed by atoms with Crippen LogP contribution in [0.2, 0.25) is 0 Å². The van der Waals surface area contributed by atoms with Crippen molar-refractivity contribution in [2.75, 3.05) is 5.73 Å². The van der Waals surface area contributed by atoms with E-state index in [9.17, 15) is 0 Å². The molecular weight excluding hydrogens is 238 g/mol. The van der Waals surface area contributed by atoms with Crippen LogP contribution in [0, 0.1) is 22.7 Å². The predicted molar refractivity (Wildman–Crippen MR) is 71.4 cm³/mol. The van der Waals surface area contributed by atoms with E-state index >= 15 is 0 Å². The number of ether oxygens (including phenoxy) is 1. The average Bonchev–Trinajstić information content (AvgIpc) is 2.43. The number of nitrogens with zero attached hydrogens (tertiary/aromatic N) is 2. The van der Waals surface area contributed by atoms with Crippen molar-refractivity contribution in [1.29, 1.82) is 10.5 Å². The molecular formula is C15H11N3O. The highest BCUT2D eigenvalue weighted by Gasteiger charge is 2.06. The van der Waals surface area contributed by atoms with Gasteiger partial charge in [-0.25, -0.2) is 0 Å². The van der Waals surface area contributed by atoms with Crippen molar-refractivity contribution in [3.63, 3.8) is 0 Å². The van der Waals surface area contributed by atoms with Crippen LogP contribution in [0.3, 0.4) is 0 Å². The third kappa shape index (κ3) is 2.83. The zero-order chi connectivity index (χ0) is 13.7. The van der Waals surface area contributed by atoms with Crippen LogP contribution in [0.5, 0.6) is 11.5 Å². The molecule has 4 heteroatoms. The number of nitrogens with two attached hydrogens (primary N) is 1. The number of nitrogen functional groups attached to an aromatic ring is 1. The minimum absolute atomic E-state index is 0.225. The first-order valence-corrected chi connectivity index (χ1v) is 5.67. The Morgan fingerprint density at radius 1 is 1.11 bits per heavy atom. The summed E-state index contributed by atoms with van der Waals surface area (Å²) >= 11 is 0. The van der Waals surface area contributed by atoms with Crippen molar-refractivity contribution in [2.45, 2.75) is 6.42 Å². The number of nitriles is 2. The van der Waals surface area contributed by atoms with E-state index in [1.165, 1.54) is 0 Å². The zero-order valence-corrected chi connectivity index (χ0v) is 10.1. The Kier molecular flexibility index (Phi) is 3.66. The standard InChI is InChI=1S/C15H11N3O/c16-8-7-11-9-13(5-6-14(11)18)19-15-4-2-1-3-12(15)10-17/h1-6,9H,7,18H2. The van der Waals surface area contributed by atoms with Gasteiger partial charge in [0.25, 0.3) is 0 Å². The Morgan fingerprint density at radius 3 is 2.63 bits per heavy atom. The minimum atomic E-state index is 0.225. The highest BCUT2D eigenvalue weighted by atomic mass is 16.5. The third-order valence-electron chi connectivity index (χ3n) is 2.62. The smallest absolute Gasteiger partial charge is 0.145 e. The molecule has 0 heterocycles. The van der Waals surface area contributed by atoms with Gasteiger partial charge in [-0.2, -0.15) is 10.5 Å². The van der Waals surface area contributed by atoms with Gasteiger partial charge in [0.2, 0.25) is 0 Å². The fourth-order valence-corrected chi connectivity index (χ4v) is 1.66. The van der Waals surface area contributed by atoms with E-state index in [1.807, 2.05) is 0 Å². The van der Waals surface area contributed by atoms with Crippen LogP contribution in [0.1, 0.15) is 11.1 Å². The number of rotatable bonds is 3. The lowest BCUT2D eigenvalue weighted by Gasteiger charge is -2.09. The van der Waals surface area contributed by atoms with Crippen molar-refractivity contribution in [3.05, 3.63) is 53.6 Å². The Balaban J connectivity index is 2.32. The number of para-hydroxylation sites is 1. The lowest BCUT2D eigenvalue weighted by Crippen LogP contribution is -1.95. The molecule has 0 aliphatic rings. The molecule has 2 aromatic carbocycles. The molecule has 0 saturated carbocycles. The summed E-state index contributed by atoms with van der Waals surface area (Å²) in [6, 6.07) is 16.2. The molecule has 0 radical (unpaired) electrons. The first kappa shape index (κ1) is 12.5. The SMILES string of the molecule is N#CCc1cc(Oc2ccccc2C#N)ccc1N. The second-order valence-corrected chi connectivity index (χ2v) is 3.91. The van der Waals surface area contributed by atoms with Gasteiger partial charge in [-0.15, -0.1) is 0 Å². The van der Waals surface area contributed by atoms with Gasteiger partial charge in [-0.05, 0) is 35.9 Å². The number of hydrogen-bond acceptors (Lipinski definition) is 4. The van der Waals surface area contributed by atoms with Gasteiger partial charge in [-0.3, -0.25) is 0 Å². The van der Waals surface area contributed by atoms with Crippen LogP contribution in [-0.4, -0.2) is 0 Å². The van der Waals surface area contributed by atoms with E-state index in [0.29, 0.717) is 22.7 Å². The molecule has 0 spiro atoms. The second-order valence-electron chi connectivity index (χ2n) is 3.91. The molecule has 19 heavy (non-hydrogen) atoms. The molecule has 0 aliphatic heterocycles. The largest absolute Gasteiger partial charge is 0.456 e. The molecule has 0 atom stereocenters. The van der Waals surface area contributed by atoms with Gasteiger partial charge in [0.15, 0.2) is 0 Å². The molecule has 0 bridgehead atoms. The number of anilines is 1. The Morgan fingerprint density at radius 2 is 1.89 bits per heavy atom. The molecule has 2 aromatic rings. The molecule has 0 saturated heterocycles. The summed E-state index contributed by atoms with van der Waals surface area (Å²) in [5.74, 6) is 1.04. The molecule has 0 aromatic heterocycles. The van der Waals surface area contributed by atoms with Crippen LogP contribution in [0.15, 0.2) is 42.5 Å². The molecule has 0 aliphatic carbocycles. The second kappa shape index (κ2) is 5.57. The van der Waals surface area contributed by atoms with E-state index in [4.69, 9.17) is 21.0 Å². The average molecular weight is 249 g/mol. The lowest BCUT2D eigenvalue weighted by atomic mass is 10.1. The summed E-state index contributed by atoms with van der Waals surface area (Å²) in [7, 11) is 0. The fourth-order valence-electron chi connectivity index (χ4n) is 1.66. The predicted octanol–water partition coefficient (Wildman–Crippen LogP) is 3.00. The fraction of sp³-hybridized carbons (Fsp3) is 0.0667. The van der Waals surface area contributed by atoms with Crippen molar-refractivity contribution in [2.24, 2.45) is 0 Å². The summed E-state index contributed by atoms with van der Waals surface area (Å²) in [5.41, 5.74) is 7.50. The number of hydrogen-bond donors (Lipinski definition) is 1. The van der Waals surface area contributed by atoms with Crippen LogP contribution >= 0.6 is 0 Å². The van der Waals surface area contributed by atoms with Gasteiger partial charge in [0.1, 0.15) is 17.6 Å². The highest BCUT2D eigenvalue weighted by molar-refractivity contribution is 5.53. The van der Waals surface area contributed by atoms with Gasteiger partial charge in [-0.1, -0.05) is 12.1 Å². The van der Waals surface area contributed by atoms with E-state index in [-0.39, 0.29) is 6.42 Å². The maximum atomic E-state index is 8.99. The molecule has 2 rings (SSSR count). The topological polar surface area (TPSA) is 82.8 Å². The van der Waals surface area contributed by atoms with Gasteiger partial charge in [0, 0.05) is 5.69 Å². The number of benzene rings is 2. The van der Waals surface area contributed by atoms with E-state index in [2.05, 4.69) is 12.1 Å². The highest BCUT2D eigenvalue weighted by Crippen LogP contribution is 2.27. The molecule has 2 N–H and O–H groups in total. The summed E-state index contributed by atoms with van der Waals surface area (Å²) in [4.78, 5) is 0. The van der Waals surface area contributed by atoms with Gasteiger partial charge >= 0.3 is 0 Å². The first-order chi connectivity index (χ1) is 9.24. The quantitative estimate of drug-likeness (QED) is 0.847. The molecule has 92 valence electrons. The lowest BCUT2D eigenvalue weighted by molar-refractivity contribution is 0.480. The van der Waals surface area contributed by atoms with Crippen LogP contribution < -0.4 is 10.5 Å². The van der Waals surface area contributed by atoms with E-state index in [0.717, 1.165) is 5.56 Å².